The molecule has 0 aliphatic heterocycles. The van der Waals surface area contributed by atoms with Gasteiger partial charge >= 0.3 is 5.97 Å². The number of esters is 1. The third-order valence-corrected chi connectivity index (χ3v) is 1.50. The Morgan fingerprint density at radius 1 is 1.31 bits per heavy atom. The van der Waals surface area contributed by atoms with Crippen LogP contribution in [0, 0.1) is 0 Å². The number of allylic oxidation sites excluding steroid dienone is 1. The highest BCUT2D eigenvalue weighted by molar-refractivity contribution is 5.69. The van der Waals surface area contributed by atoms with Crippen molar-refractivity contribution in [3.8, 4) is 5.75 Å². The average molecular weight is 176 g/mol. The summed E-state index contributed by atoms with van der Waals surface area (Å²) in [5.41, 5.74) is 1.10. The van der Waals surface area contributed by atoms with Crippen LogP contribution in [-0.2, 0) is 4.79 Å². The van der Waals surface area contributed by atoms with Gasteiger partial charge in [-0.3, -0.25) is 4.79 Å². The third kappa shape index (κ3) is 3.11. The highest BCUT2D eigenvalue weighted by Crippen LogP contribution is 2.13. The summed E-state index contributed by atoms with van der Waals surface area (Å²) in [6.45, 7) is 3.35. The lowest BCUT2D eigenvalue weighted by Crippen LogP contribution is -2.00. The molecule has 1 aromatic carbocycles. The summed E-state index contributed by atoms with van der Waals surface area (Å²) in [7, 11) is 0. The van der Waals surface area contributed by atoms with Crippen molar-refractivity contribution in [1.29, 1.82) is 0 Å². The zero-order chi connectivity index (χ0) is 9.68. The highest BCUT2D eigenvalue weighted by atomic mass is 16.5. The van der Waals surface area contributed by atoms with Crippen LogP contribution in [0.2, 0.25) is 0 Å². The Kier molecular flexibility index (Phi) is 3.26. The first kappa shape index (κ1) is 9.52. The number of hydrogen-bond donors (Lipinski definition) is 0. The van der Waals surface area contributed by atoms with Gasteiger partial charge in [-0.25, -0.2) is 0 Å². The molecule has 2 heteroatoms. The number of carbonyl (C=O) groups excluding carboxylic acids is 1. The zero-order valence-electron chi connectivity index (χ0n) is 7.78. The minimum atomic E-state index is -0.293. The maximum absolute atomic E-state index is 10.6. The zero-order valence-corrected chi connectivity index (χ0v) is 7.78. The molecule has 0 N–H and O–H groups in total. The van der Waals surface area contributed by atoms with Gasteiger partial charge < -0.3 is 4.74 Å². The SMILES string of the molecule is C/C=C/c1ccc(OC(C)=O)cc1. The Bertz CT molecular complexity index is 309. The average Bonchev–Trinajstić information content (AvgIpc) is 2.08. The van der Waals surface area contributed by atoms with Crippen molar-refractivity contribution in [2.24, 2.45) is 0 Å². The predicted octanol–water partition coefficient (Wildman–Crippen LogP) is 2.65. The van der Waals surface area contributed by atoms with Gasteiger partial charge in [-0.2, -0.15) is 0 Å². The second-order valence-electron chi connectivity index (χ2n) is 2.66. The molecule has 1 aromatic rings. The van der Waals surface area contributed by atoms with Gasteiger partial charge in [-0.05, 0) is 24.6 Å². The quantitative estimate of drug-likeness (QED) is 0.511. The molecule has 2 nitrogen and oxygen atoms in total. The fraction of sp³-hybridized carbons (Fsp3) is 0.182. The lowest BCUT2D eigenvalue weighted by molar-refractivity contribution is -0.131. The highest BCUT2D eigenvalue weighted by Gasteiger charge is 1.95. The molecular weight excluding hydrogens is 164 g/mol. The molecule has 68 valence electrons. The Balaban J connectivity index is 2.75. The Morgan fingerprint density at radius 3 is 2.38 bits per heavy atom. The minimum Gasteiger partial charge on any atom is -0.427 e. The first-order chi connectivity index (χ1) is 6.22. The predicted molar refractivity (Wildman–Crippen MR) is 52.5 cm³/mol. The summed E-state index contributed by atoms with van der Waals surface area (Å²) in [6, 6.07) is 7.35. The summed E-state index contributed by atoms with van der Waals surface area (Å²) >= 11 is 0. The summed E-state index contributed by atoms with van der Waals surface area (Å²) in [5, 5.41) is 0. The molecule has 0 unspecified atom stereocenters. The van der Waals surface area contributed by atoms with E-state index >= 15 is 0 Å². The number of ether oxygens (including phenoxy) is 1. The van der Waals surface area contributed by atoms with Crippen molar-refractivity contribution in [2.75, 3.05) is 0 Å². The molecule has 0 aromatic heterocycles. The molecule has 0 heterocycles. The molecule has 0 saturated heterocycles. The standard InChI is InChI=1S/C11H12O2/c1-3-4-10-5-7-11(8-6-10)13-9(2)12/h3-8H,1-2H3/b4-3+. The van der Waals surface area contributed by atoms with E-state index in [4.69, 9.17) is 4.74 Å². The number of carbonyl (C=O) groups is 1. The van der Waals surface area contributed by atoms with Gasteiger partial charge in [0.1, 0.15) is 5.75 Å². The van der Waals surface area contributed by atoms with E-state index in [0.717, 1.165) is 5.56 Å². The molecule has 1 rings (SSSR count). The molecule has 0 radical (unpaired) electrons. The largest absolute Gasteiger partial charge is 0.427 e. The minimum absolute atomic E-state index is 0.293. The van der Waals surface area contributed by atoms with E-state index in [1.165, 1.54) is 6.92 Å². The van der Waals surface area contributed by atoms with Gasteiger partial charge in [0, 0.05) is 6.92 Å². The smallest absolute Gasteiger partial charge is 0.308 e. The molecular formula is C11H12O2. The van der Waals surface area contributed by atoms with Crippen LogP contribution in [-0.4, -0.2) is 5.97 Å². The van der Waals surface area contributed by atoms with E-state index < -0.39 is 0 Å². The van der Waals surface area contributed by atoms with E-state index in [0.29, 0.717) is 5.75 Å². The Labute approximate surface area is 77.8 Å². The van der Waals surface area contributed by atoms with Crippen molar-refractivity contribution in [3.05, 3.63) is 35.9 Å². The fourth-order valence-electron chi connectivity index (χ4n) is 1.01. The lowest BCUT2D eigenvalue weighted by Gasteiger charge is -2.00. The third-order valence-electron chi connectivity index (χ3n) is 1.50. The van der Waals surface area contributed by atoms with Crippen LogP contribution in [0.4, 0.5) is 0 Å². The molecule has 0 aliphatic rings. The molecule has 0 bridgehead atoms. The Morgan fingerprint density at radius 2 is 1.92 bits per heavy atom. The van der Waals surface area contributed by atoms with E-state index in [2.05, 4.69) is 0 Å². The van der Waals surface area contributed by atoms with E-state index in [1.807, 2.05) is 31.2 Å². The maximum atomic E-state index is 10.6. The van der Waals surface area contributed by atoms with Crippen LogP contribution in [0.25, 0.3) is 6.08 Å². The van der Waals surface area contributed by atoms with Gasteiger partial charge in [-0.15, -0.1) is 0 Å². The second kappa shape index (κ2) is 4.45. The van der Waals surface area contributed by atoms with Crippen molar-refractivity contribution >= 4 is 12.0 Å². The van der Waals surface area contributed by atoms with Crippen molar-refractivity contribution in [2.45, 2.75) is 13.8 Å². The second-order valence-corrected chi connectivity index (χ2v) is 2.66. The van der Waals surface area contributed by atoms with Gasteiger partial charge in [0.15, 0.2) is 0 Å². The van der Waals surface area contributed by atoms with Crippen molar-refractivity contribution < 1.29 is 9.53 Å². The van der Waals surface area contributed by atoms with Gasteiger partial charge in [0.05, 0.1) is 0 Å². The first-order valence-electron chi connectivity index (χ1n) is 4.13. The summed E-state index contributed by atoms with van der Waals surface area (Å²) in [6.07, 6.45) is 3.94. The molecule has 0 spiro atoms. The summed E-state index contributed by atoms with van der Waals surface area (Å²) in [5.74, 6) is 0.291. The lowest BCUT2D eigenvalue weighted by atomic mass is 10.2. The van der Waals surface area contributed by atoms with Crippen LogP contribution >= 0.6 is 0 Å². The van der Waals surface area contributed by atoms with Gasteiger partial charge in [0.2, 0.25) is 0 Å². The monoisotopic (exact) mass is 176 g/mol. The van der Waals surface area contributed by atoms with E-state index in [1.54, 1.807) is 12.1 Å². The van der Waals surface area contributed by atoms with Crippen LogP contribution in [0.1, 0.15) is 19.4 Å². The van der Waals surface area contributed by atoms with Crippen LogP contribution in [0.5, 0.6) is 5.75 Å². The van der Waals surface area contributed by atoms with Crippen molar-refractivity contribution in [1.82, 2.24) is 0 Å². The molecule has 0 atom stereocenters. The number of benzene rings is 1. The van der Waals surface area contributed by atoms with E-state index in [9.17, 15) is 4.79 Å². The molecule has 0 aliphatic carbocycles. The van der Waals surface area contributed by atoms with Crippen LogP contribution < -0.4 is 4.74 Å². The topological polar surface area (TPSA) is 26.3 Å². The molecule has 0 saturated carbocycles. The van der Waals surface area contributed by atoms with Gasteiger partial charge in [0.25, 0.3) is 0 Å². The molecule has 0 amide bonds. The van der Waals surface area contributed by atoms with Crippen molar-refractivity contribution in [3.63, 3.8) is 0 Å². The normalized spacial score (nSPS) is 10.3. The Hall–Kier alpha value is -1.57. The van der Waals surface area contributed by atoms with Crippen LogP contribution in [0.3, 0.4) is 0 Å². The van der Waals surface area contributed by atoms with Gasteiger partial charge in [-0.1, -0.05) is 24.3 Å². The molecule has 13 heavy (non-hydrogen) atoms. The maximum Gasteiger partial charge on any atom is 0.308 e. The van der Waals surface area contributed by atoms with Crippen LogP contribution in [0.15, 0.2) is 30.3 Å². The number of hydrogen-bond acceptors (Lipinski definition) is 2. The molecule has 0 fully saturated rings. The fourth-order valence-corrected chi connectivity index (χ4v) is 1.01. The first-order valence-corrected chi connectivity index (χ1v) is 4.13. The summed E-state index contributed by atoms with van der Waals surface area (Å²) < 4.78 is 4.88. The van der Waals surface area contributed by atoms with E-state index in [-0.39, 0.29) is 5.97 Å². The summed E-state index contributed by atoms with van der Waals surface area (Å²) in [4.78, 5) is 10.6. The number of rotatable bonds is 2.